The third-order valence-corrected chi connectivity index (χ3v) is 2.95. The van der Waals surface area contributed by atoms with Crippen molar-refractivity contribution < 1.29 is 14.0 Å². The SMILES string of the molecule is Nc1oncc1-c1c(Cl)ccc2c1COCO2. The molecule has 0 saturated heterocycles. The Kier molecular flexibility index (Phi) is 2.42. The molecule has 88 valence electrons. The summed E-state index contributed by atoms with van der Waals surface area (Å²) in [7, 11) is 0. The van der Waals surface area contributed by atoms with Crippen molar-refractivity contribution in [1.29, 1.82) is 0 Å². The summed E-state index contributed by atoms with van der Waals surface area (Å²) in [5, 5.41) is 4.21. The molecule has 5 nitrogen and oxygen atoms in total. The average Bonchev–Trinajstić information content (AvgIpc) is 2.75. The third-order valence-electron chi connectivity index (χ3n) is 2.63. The van der Waals surface area contributed by atoms with Crippen LogP contribution in [-0.2, 0) is 11.3 Å². The number of nitrogens with two attached hydrogens (primary N) is 1. The zero-order valence-corrected chi connectivity index (χ0v) is 9.53. The molecular weight excluding hydrogens is 244 g/mol. The van der Waals surface area contributed by atoms with Crippen molar-refractivity contribution in [3.05, 3.63) is 28.9 Å². The summed E-state index contributed by atoms with van der Waals surface area (Å²) in [6.07, 6.45) is 1.53. The summed E-state index contributed by atoms with van der Waals surface area (Å²) in [6.45, 7) is 0.670. The second-order valence-corrected chi connectivity index (χ2v) is 4.02. The number of hydrogen-bond acceptors (Lipinski definition) is 5. The Morgan fingerprint density at radius 2 is 2.24 bits per heavy atom. The largest absolute Gasteiger partial charge is 0.467 e. The number of benzene rings is 1. The van der Waals surface area contributed by atoms with Gasteiger partial charge in [-0.2, -0.15) is 0 Å². The maximum absolute atomic E-state index is 6.19. The molecule has 0 fully saturated rings. The highest BCUT2D eigenvalue weighted by molar-refractivity contribution is 6.33. The molecule has 1 aliphatic heterocycles. The van der Waals surface area contributed by atoms with Gasteiger partial charge in [0.2, 0.25) is 5.88 Å². The van der Waals surface area contributed by atoms with E-state index in [1.54, 1.807) is 6.07 Å². The van der Waals surface area contributed by atoms with Crippen LogP contribution in [0.3, 0.4) is 0 Å². The standard InChI is InChI=1S/C11H9ClN2O3/c12-8-1-2-9-7(4-15-5-16-9)10(8)6-3-14-17-11(6)13/h1-3H,4-5,13H2. The Labute approximate surface area is 102 Å². The molecule has 0 aliphatic carbocycles. The third kappa shape index (κ3) is 1.64. The van der Waals surface area contributed by atoms with Gasteiger partial charge in [0.25, 0.3) is 0 Å². The topological polar surface area (TPSA) is 70.5 Å². The minimum atomic E-state index is 0.228. The first-order chi connectivity index (χ1) is 8.27. The number of halogens is 1. The normalized spacial score (nSPS) is 14.2. The molecule has 2 heterocycles. The number of rotatable bonds is 1. The molecule has 0 unspecified atom stereocenters. The predicted octanol–water partition coefficient (Wildman–Crippen LogP) is 2.44. The van der Waals surface area contributed by atoms with Gasteiger partial charge in [0.1, 0.15) is 5.75 Å². The maximum Gasteiger partial charge on any atom is 0.230 e. The van der Waals surface area contributed by atoms with Crippen molar-refractivity contribution in [2.24, 2.45) is 0 Å². The van der Waals surface area contributed by atoms with E-state index in [1.165, 1.54) is 6.20 Å². The van der Waals surface area contributed by atoms with Crippen LogP contribution in [0, 0.1) is 0 Å². The molecule has 1 aliphatic rings. The van der Waals surface area contributed by atoms with E-state index in [1.807, 2.05) is 6.07 Å². The monoisotopic (exact) mass is 252 g/mol. The highest BCUT2D eigenvalue weighted by Gasteiger charge is 2.21. The number of ether oxygens (including phenoxy) is 2. The predicted molar refractivity (Wildman–Crippen MR) is 61.6 cm³/mol. The van der Waals surface area contributed by atoms with E-state index < -0.39 is 0 Å². The molecule has 0 amide bonds. The fourth-order valence-electron chi connectivity index (χ4n) is 1.86. The van der Waals surface area contributed by atoms with Crippen molar-refractivity contribution in [1.82, 2.24) is 5.16 Å². The fraction of sp³-hybridized carbons (Fsp3) is 0.182. The number of hydrogen-bond donors (Lipinski definition) is 1. The van der Waals surface area contributed by atoms with Crippen LogP contribution >= 0.6 is 11.6 Å². The second kappa shape index (κ2) is 3.94. The number of nitrogens with zero attached hydrogens (tertiary/aromatic N) is 1. The Morgan fingerprint density at radius 3 is 3.00 bits per heavy atom. The molecule has 0 radical (unpaired) electrons. The van der Waals surface area contributed by atoms with Crippen molar-refractivity contribution >= 4 is 17.5 Å². The summed E-state index contributed by atoms with van der Waals surface area (Å²) >= 11 is 6.19. The lowest BCUT2D eigenvalue weighted by Crippen LogP contribution is -2.12. The molecule has 0 atom stereocenters. The summed E-state index contributed by atoms with van der Waals surface area (Å²) in [5.41, 5.74) is 7.97. The molecule has 0 saturated carbocycles. The van der Waals surface area contributed by atoms with Gasteiger partial charge in [-0.25, -0.2) is 0 Å². The summed E-state index contributed by atoms with van der Waals surface area (Å²) in [6, 6.07) is 3.57. The van der Waals surface area contributed by atoms with Gasteiger partial charge in [0, 0.05) is 16.1 Å². The van der Waals surface area contributed by atoms with E-state index in [-0.39, 0.29) is 12.7 Å². The Balaban J connectivity index is 2.25. The van der Waals surface area contributed by atoms with Crippen LogP contribution in [0.1, 0.15) is 5.56 Å². The van der Waals surface area contributed by atoms with Gasteiger partial charge in [-0.15, -0.1) is 0 Å². The summed E-state index contributed by atoms with van der Waals surface area (Å²) in [4.78, 5) is 0. The molecule has 1 aromatic heterocycles. The first-order valence-electron chi connectivity index (χ1n) is 5.00. The lowest BCUT2D eigenvalue weighted by atomic mass is 10.0. The molecule has 17 heavy (non-hydrogen) atoms. The molecule has 2 N–H and O–H groups in total. The quantitative estimate of drug-likeness (QED) is 0.844. The van der Waals surface area contributed by atoms with Gasteiger partial charge in [-0.05, 0) is 12.1 Å². The first kappa shape index (κ1) is 10.4. The number of aromatic nitrogens is 1. The smallest absolute Gasteiger partial charge is 0.230 e. The average molecular weight is 253 g/mol. The summed E-state index contributed by atoms with van der Waals surface area (Å²) in [5.74, 6) is 0.974. The van der Waals surface area contributed by atoms with E-state index in [0.717, 1.165) is 16.9 Å². The minimum absolute atomic E-state index is 0.228. The van der Waals surface area contributed by atoms with Crippen LogP contribution in [0.2, 0.25) is 5.02 Å². The van der Waals surface area contributed by atoms with E-state index in [2.05, 4.69) is 5.16 Å². The van der Waals surface area contributed by atoms with Gasteiger partial charge in [0.05, 0.1) is 18.4 Å². The Bertz CT molecular complexity index is 568. The molecule has 6 heteroatoms. The molecular formula is C11H9ClN2O3. The highest BCUT2D eigenvalue weighted by Crippen LogP contribution is 2.40. The van der Waals surface area contributed by atoms with Gasteiger partial charge >= 0.3 is 0 Å². The molecule has 1 aromatic carbocycles. The lowest BCUT2D eigenvalue weighted by molar-refractivity contribution is -0.0160. The van der Waals surface area contributed by atoms with Gasteiger partial charge in [-0.1, -0.05) is 16.8 Å². The van der Waals surface area contributed by atoms with Gasteiger partial charge in [-0.3, -0.25) is 0 Å². The minimum Gasteiger partial charge on any atom is -0.467 e. The highest BCUT2D eigenvalue weighted by atomic mass is 35.5. The van der Waals surface area contributed by atoms with Crippen LogP contribution in [0.15, 0.2) is 22.9 Å². The zero-order valence-electron chi connectivity index (χ0n) is 8.77. The van der Waals surface area contributed by atoms with Gasteiger partial charge < -0.3 is 19.7 Å². The van der Waals surface area contributed by atoms with E-state index >= 15 is 0 Å². The maximum atomic E-state index is 6.19. The molecule has 0 spiro atoms. The van der Waals surface area contributed by atoms with Crippen LogP contribution in [0.4, 0.5) is 5.88 Å². The van der Waals surface area contributed by atoms with Crippen molar-refractivity contribution in [2.45, 2.75) is 6.61 Å². The van der Waals surface area contributed by atoms with Crippen LogP contribution < -0.4 is 10.5 Å². The van der Waals surface area contributed by atoms with Crippen LogP contribution in [0.25, 0.3) is 11.1 Å². The number of anilines is 1. The Morgan fingerprint density at radius 1 is 1.35 bits per heavy atom. The first-order valence-corrected chi connectivity index (χ1v) is 5.37. The van der Waals surface area contributed by atoms with Crippen molar-refractivity contribution in [3.8, 4) is 16.9 Å². The van der Waals surface area contributed by atoms with Crippen molar-refractivity contribution in [3.63, 3.8) is 0 Å². The summed E-state index contributed by atoms with van der Waals surface area (Å²) < 4.78 is 15.5. The lowest BCUT2D eigenvalue weighted by Gasteiger charge is -2.20. The molecule has 0 bridgehead atoms. The number of nitrogen functional groups attached to an aromatic ring is 1. The van der Waals surface area contributed by atoms with E-state index in [0.29, 0.717) is 17.2 Å². The fourth-order valence-corrected chi connectivity index (χ4v) is 2.13. The van der Waals surface area contributed by atoms with Gasteiger partial charge in [0.15, 0.2) is 6.79 Å². The molecule has 2 aromatic rings. The van der Waals surface area contributed by atoms with E-state index in [9.17, 15) is 0 Å². The Hall–Kier alpha value is -1.72. The van der Waals surface area contributed by atoms with E-state index in [4.69, 9.17) is 31.3 Å². The van der Waals surface area contributed by atoms with Crippen LogP contribution in [0.5, 0.6) is 5.75 Å². The van der Waals surface area contributed by atoms with Crippen LogP contribution in [-0.4, -0.2) is 11.9 Å². The number of fused-ring (bicyclic) bond motifs is 1. The zero-order chi connectivity index (χ0) is 11.8. The van der Waals surface area contributed by atoms with Crippen molar-refractivity contribution in [2.75, 3.05) is 12.5 Å². The second-order valence-electron chi connectivity index (χ2n) is 3.61. The molecule has 3 rings (SSSR count).